The average Bonchev–Trinajstić information content (AvgIpc) is 2.23. The molecule has 0 aromatic heterocycles. The van der Waals surface area contributed by atoms with Crippen LogP contribution < -0.4 is 16.8 Å². The molecule has 1 aromatic carbocycles. The second-order valence-corrected chi connectivity index (χ2v) is 4.09. The number of hydrogen-bond acceptors (Lipinski definition) is 4. The van der Waals surface area contributed by atoms with Gasteiger partial charge in [-0.1, -0.05) is 6.07 Å². The first-order valence-electron chi connectivity index (χ1n) is 5.24. The summed E-state index contributed by atoms with van der Waals surface area (Å²) in [5, 5.41) is 3.38. The lowest BCUT2D eigenvalue weighted by molar-refractivity contribution is 0.202. The van der Waals surface area contributed by atoms with Gasteiger partial charge in [0.05, 0.1) is 11.4 Å². The highest BCUT2D eigenvalue weighted by Crippen LogP contribution is 2.25. The molecule has 1 aliphatic rings. The number of rotatable bonds is 1. The van der Waals surface area contributed by atoms with Crippen molar-refractivity contribution in [3.63, 3.8) is 0 Å². The molecule has 0 spiro atoms. The molecule has 0 amide bonds. The zero-order valence-electron chi connectivity index (χ0n) is 9.03. The van der Waals surface area contributed by atoms with Crippen LogP contribution in [-0.2, 0) is 0 Å². The molecule has 0 radical (unpaired) electrons. The first kappa shape index (κ1) is 10.3. The third-order valence-corrected chi connectivity index (χ3v) is 3.01. The van der Waals surface area contributed by atoms with Crippen LogP contribution in [0.15, 0.2) is 18.2 Å². The van der Waals surface area contributed by atoms with Crippen LogP contribution in [0.5, 0.6) is 0 Å². The molecule has 1 heterocycles. The van der Waals surface area contributed by atoms with Gasteiger partial charge in [-0.15, -0.1) is 0 Å². The van der Waals surface area contributed by atoms with Crippen molar-refractivity contribution in [3.8, 4) is 0 Å². The van der Waals surface area contributed by atoms with Crippen molar-refractivity contribution in [2.24, 2.45) is 0 Å². The van der Waals surface area contributed by atoms with Crippen LogP contribution in [0.25, 0.3) is 0 Å². The Hall–Kier alpha value is -1.26. The minimum atomic E-state index is 0.404. The minimum Gasteiger partial charge on any atom is -0.397 e. The lowest BCUT2D eigenvalue weighted by Crippen LogP contribution is -2.43. The number of nitrogen functional groups attached to an aromatic ring is 2. The van der Waals surface area contributed by atoms with E-state index in [0.717, 1.165) is 19.6 Å². The maximum absolute atomic E-state index is 5.81. The Morgan fingerprint density at radius 1 is 1.33 bits per heavy atom. The third-order valence-electron chi connectivity index (χ3n) is 3.01. The van der Waals surface area contributed by atoms with Gasteiger partial charge in [-0.25, -0.2) is 0 Å². The molecule has 15 heavy (non-hydrogen) atoms. The molecule has 1 unspecified atom stereocenters. The molecule has 5 N–H and O–H groups in total. The number of nitrogens with zero attached hydrogens (tertiary/aromatic N) is 1. The van der Waals surface area contributed by atoms with Crippen molar-refractivity contribution in [2.75, 3.05) is 38.1 Å². The van der Waals surface area contributed by atoms with E-state index in [1.54, 1.807) is 0 Å². The molecule has 1 fully saturated rings. The van der Waals surface area contributed by atoms with Crippen LogP contribution in [0.4, 0.5) is 11.4 Å². The summed E-state index contributed by atoms with van der Waals surface area (Å²) in [6.45, 7) is 3.09. The molecule has 0 bridgehead atoms. The van der Waals surface area contributed by atoms with Crippen LogP contribution in [0.1, 0.15) is 11.6 Å². The van der Waals surface area contributed by atoms with Gasteiger partial charge >= 0.3 is 0 Å². The Morgan fingerprint density at radius 2 is 2.13 bits per heavy atom. The normalized spacial score (nSPS) is 22.9. The Balaban J connectivity index is 2.24. The maximum atomic E-state index is 5.81. The van der Waals surface area contributed by atoms with E-state index in [2.05, 4.69) is 23.3 Å². The lowest BCUT2D eigenvalue weighted by Gasteiger charge is -2.33. The fourth-order valence-electron chi connectivity index (χ4n) is 1.98. The van der Waals surface area contributed by atoms with Crippen molar-refractivity contribution in [3.05, 3.63) is 23.8 Å². The summed E-state index contributed by atoms with van der Waals surface area (Å²) in [6.07, 6.45) is 0. The Kier molecular flexibility index (Phi) is 2.79. The smallest absolute Gasteiger partial charge is 0.0551 e. The summed E-state index contributed by atoms with van der Waals surface area (Å²) in [6, 6.07) is 6.32. The largest absolute Gasteiger partial charge is 0.397 e. The number of nitrogens with two attached hydrogens (primary N) is 2. The molecule has 4 heteroatoms. The molecule has 1 saturated heterocycles. The van der Waals surface area contributed by atoms with Crippen LogP contribution in [0, 0.1) is 0 Å². The molecule has 2 rings (SSSR count). The van der Waals surface area contributed by atoms with Crippen molar-refractivity contribution in [1.29, 1.82) is 0 Å². The number of anilines is 2. The van der Waals surface area contributed by atoms with E-state index in [4.69, 9.17) is 11.5 Å². The maximum Gasteiger partial charge on any atom is 0.0551 e. The first-order chi connectivity index (χ1) is 7.18. The van der Waals surface area contributed by atoms with Gasteiger partial charge in [-0.05, 0) is 24.7 Å². The van der Waals surface area contributed by atoms with Crippen molar-refractivity contribution in [1.82, 2.24) is 10.2 Å². The predicted octanol–water partition coefficient (Wildman–Crippen LogP) is 0.427. The molecule has 1 atom stereocenters. The van der Waals surface area contributed by atoms with Gasteiger partial charge in [0.25, 0.3) is 0 Å². The van der Waals surface area contributed by atoms with Gasteiger partial charge in [-0.2, -0.15) is 0 Å². The van der Waals surface area contributed by atoms with Crippen molar-refractivity contribution in [2.45, 2.75) is 6.04 Å². The molecular formula is C11H18N4. The van der Waals surface area contributed by atoms with Crippen LogP contribution in [0.2, 0.25) is 0 Å². The summed E-state index contributed by atoms with van der Waals surface area (Å²) in [5.41, 5.74) is 14.1. The van der Waals surface area contributed by atoms with Gasteiger partial charge in [0.15, 0.2) is 0 Å². The number of hydrogen-bond donors (Lipinski definition) is 3. The SMILES string of the molecule is CN1CCNCC1c1ccc(N)c(N)c1. The number of likely N-dealkylation sites (N-methyl/N-ethyl adjacent to an activating group) is 1. The lowest BCUT2D eigenvalue weighted by atomic mass is 10.0. The van der Waals surface area contributed by atoms with E-state index in [0.29, 0.717) is 17.4 Å². The van der Waals surface area contributed by atoms with Gasteiger partial charge in [0, 0.05) is 25.7 Å². The van der Waals surface area contributed by atoms with Crippen LogP contribution in [0.3, 0.4) is 0 Å². The average molecular weight is 206 g/mol. The standard InChI is InChI=1S/C11H18N4/c1-15-5-4-14-7-11(15)8-2-3-9(12)10(13)6-8/h2-3,6,11,14H,4-5,7,12-13H2,1H3. The number of nitrogens with one attached hydrogen (secondary N) is 1. The fourth-order valence-corrected chi connectivity index (χ4v) is 1.98. The monoisotopic (exact) mass is 206 g/mol. The Morgan fingerprint density at radius 3 is 2.80 bits per heavy atom. The van der Waals surface area contributed by atoms with E-state index in [-0.39, 0.29) is 0 Å². The Bertz CT molecular complexity index is 350. The zero-order chi connectivity index (χ0) is 10.8. The fraction of sp³-hybridized carbons (Fsp3) is 0.455. The van der Waals surface area contributed by atoms with Crippen LogP contribution in [-0.4, -0.2) is 31.6 Å². The van der Waals surface area contributed by atoms with Gasteiger partial charge < -0.3 is 16.8 Å². The first-order valence-corrected chi connectivity index (χ1v) is 5.24. The highest BCUT2D eigenvalue weighted by Gasteiger charge is 2.20. The predicted molar refractivity (Wildman–Crippen MR) is 63.5 cm³/mol. The van der Waals surface area contributed by atoms with Crippen molar-refractivity contribution < 1.29 is 0 Å². The van der Waals surface area contributed by atoms with E-state index in [9.17, 15) is 0 Å². The van der Waals surface area contributed by atoms with E-state index in [1.165, 1.54) is 5.56 Å². The molecule has 0 saturated carbocycles. The summed E-state index contributed by atoms with van der Waals surface area (Å²) in [5.74, 6) is 0. The second-order valence-electron chi connectivity index (χ2n) is 4.09. The molecule has 82 valence electrons. The highest BCUT2D eigenvalue weighted by atomic mass is 15.2. The van der Waals surface area contributed by atoms with E-state index >= 15 is 0 Å². The third kappa shape index (κ3) is 2.06. The summed E-state index contributed by atoms with van der Waals surface area (Å²) in [7, 11) is 2.14. The second kappa shape index (κ2) is 4.08. The molecule has 1 aromatic rings. The quantitative estimate of drug-likeness (QED) is 0.583. The molecule has 4 nitrogen and oxygen atoms in total. The topological polar surface area (TPSA) is 67.3 Å². The molecular weight excluding hydrogens is 188 g/mol. The number of piperazine rings is 1. The van der Waals surface area contributed by atoms with E-state index in [1.807, 2.05) is 12.1 Å². The van der Waals surface area contributed by atoms with E-state index < -0.39 is 0 Å². The summed E-state index contributed by atoms with van der Waals surface area (Å²) < 4.78 is 0. The number of benzene rings is 1. The Labute approximate surface area is 90.2 Å². The summed E-state index contributed by atoms with van der Waals surface area (Å²) in [4.78, 5) is 2.33. The summed E-state index contributed by atoms with van der Waals surface area (Å²) >= 11 is 0. The van der Waals surface area contributed by atoms with Gasteiger partial charge in [0.2, 0.25) is 0 Å². The van der Waals surface area contributed by atoms with Gasteiger partial charge in [0.1, 0.15) is 0 Å². The van der Waals surface area contributed by atoms with Crippen LogP contribution >= 0.6 is 0 Å². The van der Waals surface area contributed by atoms with Crippen molar-refractivity contribution >= 4 is 11.4 Å². The minimum absolute atomic E-state index is 0.404. The zero-order valence-corrected chi connectivity index (χ0v) is 9.03. The van der Waals surface area contributed by atoms with Gasteiger partial charge in [-0.3, -0.25) is 4.90 Å². The molecule has 1 aliphatic heterocycles. The highest BCUT2D eigenvalue weighted by molar-refractivity contribution is 5.64. The molecule has 0 aliphatic carbocycles.